The van der Waals surface area contributed by atoms with Crippen LogP contribution in [-0.2, 0) is 10.2 Å². The molecule has 3 nitrogen and oxygen atoms in total. The molecule has 2 N–H and O–H groups in total. The van der Waals surface area contributed by atoms with E-state index in [1.54, 1.807) is 6.07 Å². The minimum atomic E-state index is -0.596. The van der Waals surface area contributed by atoms with E-state index >= 15 is 0 Å². The Morgan fingerprint density at radius 1 is 1.44 bits per heavy atom. The summed E-state index contributed by atoms with van der Waals surface area (Å²) in [6.45, 7) is 5.74. The topological polar surface area (TPSA) is 49.3 Å². The molecule has 0 spiro atoms. The van der Waals surface area contributed by atoms with Gasteiger partial charge in [-0.15, -0.1) is 0 Å². The molecule has 0 bridgehead atoms. The van der Waals surface area contributed by atoms with Crippen LogP contribution in [0.1, 0.15) is 50.8 Å². The van der Waals surface area contributed by atoms with E-state index in [9.17, 15) is 9.90 Å². The predicted molar refractivity (Wildman–Crippen MR) is 73.0 cm³/mol. The largest absolute Gasteiger partial charge is 0.388 e. The summed E-state index contributed by atoms with van der Waals surface area (Å²) in [4.78, 5) is 11.9. The third-order valence-corrected chi connectivity index (χ3v) is 3.84. The highest BCUT2D eigenvalue weighted by atomic mass is 35.5. The number of carbonyl (C=O) groups is 1. The number of anilines is 1. The van der Waals surface area contributed by atoms with Gasteiger partial charge in [0.1, 0.15) is 0 Å². The highest BCUT2D eigenvalue weighted by molar-refractivity contribution is 6.35. The number of hydrogen-bond acceptors (Lipinski definition) is 2. The van der Waals surface area contributed by atoms with Crippen LogP contribution in [0.3, 0.4) is 0 Å². The molecule has 18 heavy (non-hydrogen) atoms. The van der Waals surface area contributed by atoms with E-state index in [1.807, 2.05) is 26.8 Å². The van der Waals surface area contributed by atoms with Crippen LogP contribution in [0, 0.1) is 0 Å². The first kappa shape index (κ1) is 13.4. The number of halogens is 1. The van der Waals surface area contributed by atoms with Crippen LogP contribution in [0.2, 0.25) is 5.02 Å². The van der Waals surface area contributed by atoms with Crippen molar-refractivity contribution in [2.45, 2.75) is 45.1 Å². The van der Waals surface area contributed by atoms with Gasteiger partial charge in [0.25, 0.3) is 0 Å². The Morgan fingerprint density at radius 3 is 2.72 bits per heavy atom. The number of carbonyl (C=O) groups excluding carboxylic acids is 1. The van der Waals surface area contributed by atoms with Gasteiger partial charge < -0.3 is 10.4 Å². The second-order valence-corrected chi connectivity index (χ2v) is 5.72. The minimum absolute atomic E-state index is 0.0541. The Hall–Kier alpha value is -1.06. The molecule has 2 rings (SSSR count). The lowest BCUT2D eigenvalue weighted by Crippen LogP contribution is -2.26. The number of aliphatic hydroxyl groups excluding tert-OH is 1. The second-order valence-electron chi connectivity index (χ2n) is 5.31. The highest BCUT2D eigenvalue weighted by Crippen LogP contribution is 2.43. The molecule has 0 saturated heterocycles. The second kappa shape index (κ2) is 4.56. The van der Waals surface area contributed by atoms with Crippen molar-refractivity contribution < 1.29 is 9.90 Å². The Balaban J connectivity index is 2.49. The third-order valence-electron chi connectivity index (χ3n) is 3.54. The summed E-state index contributed by atoms with van der Waals surface area (Å²) in [5.74, 6) is -0.0541. The van der Waals surface area contributed by atoms with Crippen molar-refractivity contribution in [3.05, 3.63) is 28.3 Å². The van der Waals surface area contributed by atoms with Crippen molar-refractivity contribution in [1.29, 1.82) is 0 Å². The zero-order valence-electron chi connectivity index (χ0n) is 10.9. The van der Waals surface area contributed by atoms with Crippen LogP contribution in [-0.4, -0.2) is 11.0 Å². The number of aliphatic hydroxyl groups is 1. The van der Waals surface area contributed by atoms with Crippen molar-refractivity contribution in [3.63, 3.8) is 0 Å². The van der Waals surface area contributed by atoms with Gasteiger partial charge in [0, 0.05) is 0 Å². The molecule has 1 aromatic rings. The summed E-state index contributed by atoms with van der Waals surface area (Å²) in [5, 5.41) is 13.3. The predicted octanol–water partition coefficient (Wildman–Crippen LogP) is 3.40. The molecule has 1 amide bonds. The molecule has 1 heterocycles. The Morgan fingerprint density at radius 2 is 2.11 bits per heavy atom. The van der Waals surface area contributed by atoms with Gasteiger partial charge in [-0.25, -0.2) is 0 Å². The van der Waals surface area contributed by atoms with E-state index in [2.05, 4.69) is 5.32 Å². The average molecular weight is 268 g/mol. The first-order chi connectivity index (χ1) is 8.37. The van der Waals surface area contributed by atoms with Crippen molar-refractivity contribution in [1.82, 2.24) is 0 Å². The van der Waals surface area contributed by atoms with Crippen LogP contribution < -0.4 is 5.32 Å². The molecule has 0 radical (unpaired) electrons. The van der Waals surface area contributed by atoms with Gasteiger partial charge >= 0.3 is 0 Å². The molecule has 0 aromatic heterocycles. The fourth-order valence-corrected chi connectivity index (χ4v) is 2.55. The van der Waals surface area contributed by atoms with Crippen molar-refractivity contribution in [2.24, 2.45) is 0 Å². The lowest BCUT2D eigenvalue weighted by molar-refractivity contribution is -0.119. The number of rotatable bonds is 3. The molecule has 1 aliphatic rings. The molecule has 0 aliphatic carbocycles. The maximum absolute atomic E-state index is 11.9. The standard InChI is InChI=1S/C14H18ClNO2/c1-4-5-11(17)8-6-9-12(10(15)7-8)16-13(18)14(9,2)3/h6-7,11,17H,4-5H2,1-3H3,(H,16,18). The first-order valence-electron chi connectivity index (χ1n) is 6.21. The summed E-state index contributed by atoms with van der Waals surface area (Å²) in [7, 11) is 0. The summed E-state index contributed by atoms with van der Waals surface area (Å²) in [6.07, 6.45) is 1.07. The maximum Gasteiger partial charge on any atom is 0.234 e. The van der Waals surface area contributed by atoms with Gasteiger partial charge in [-0.2, -0.15) is 0 Å². The van der Waals surface area contributed by atoms with Crippen LogP contribution in [0.25, 0.3) is 0 Å². The molecule has 1 aromatic carbocycles. The molecule has 1 aliphatic heterocycles. The normalized spacial score (nSPS) is 18.4. The smallest absolute Gasteiger partial charge is 0.234 e. The van der Waals surface area contributed by atoms with Crippen LogP contribution >= 0.6 is 11.6 Å². The molecule has 1 unspecified atom stereocenters. The maximum atomic E-state index is 11.9. The molecule has 98 valence electrons. The summed E-state index contributed by atoms with van der Waals surface area (Å²) >= 11 is 6.19. The SMILES string of the molecule is CCCC(O)c1cc(Cl)c2c(c1)C(C)(C)C(=O)N2. The van der Waals surface area contributed by atoms with Gasteiger partial charge in [0.15, 0.2) is 0 Å². The first-order valence-corrected chi connectivity index (χ1v) is 6.59. The summed E-state index contributed by atoms with van der Waals surface area (Å²) in [5.41, 5.74) is 1.73. The quantitative estimate of drug-likeness (QED) is 0.882. The molecule has 0 saturated carbocycles. The third kappa shape index (κ3) is 2.02. The average Bonchev–Trinajstić information content (AvgIpc) is 2.52. The van der Waals surface area contributed by atoms with E-state index < -0.39 is 11.5 Å². The van der Waals surface area contributed by atoms with E-state index in [1.165, 1.54) is 0 Å². The Bertz CT molecular complexity index is 497. The lowest BCUT2D eigenvalue weighted by atomic mass is 9.84. The van der Waals surface area contributed by atoms with Gasteiger partial charge in [0.2, 0.25) is 5.91 Å². The summed E-state index contributed by atoms with van der Waals surface area (Å²) < 4.78 is 0. The molecular formula is C14H18ClNO2. The van der Waals surface area contributed by atoms with Gasteiger partial charge in [0.05, 0.1) is 22.2 Å². The molecule has 0 fully saturated rings. The van der Waals surface area contributed by atoms with Crippen molar-refractivity contribution in [3.8, 4) is 0 Å². The highest BCUT2D eigenvalue weighted by Gasteiger charge is 2.39. The monoisotopic (exact) mass is 267 g/mol. The fraction of sp³-hybridized carbons (Fsp3) is 0.500. The van der Waals surface area contributed by atoms with E-state index in [0.717, 1.165) is 17.5 Å². The van der Waals surface area contributed by atoms with Crippen LogP contribution in [0.15, 0.2) is 12.1 Å². The number of amides is 1. The zero-order chi connectivity index (χ0) is 13.5. The Labute approximate surface area is 112 Å². The number of benzene rings is 1. The van der Waals surface area contributed by atoms with Crippen LogP contribution in [0.4, 0.5) is 5.69 Å². The summed E-state index contributed by atoms with van der Waals surface area (Å²) in [6, 6.07) is 3.63. The van der Waals surface area contributed by atoms with Gasteiger partial charge in [-0.05, 0) is 43.5 Å². The molecular weight excluding hydrogens is 250 g/mol. The van der Waals surface area contributed by atoms with Crippen molar-refractivity contribution >= 4 is 23.2 Å². The van der Waals surface area contributed by atoms with Crippen molar-refractivity contribution in [2.75, 3.05) is 5.32 Å². The van der Waals surface area contributed by atoms with E-state index in [4.69, 9.17) is 11.6 Å². The van der Waals surface area contributed by atoms with E-state index in [-0.39, 0.29) is 5.91 Å². The molecule has 4 heteroatoms. The lowest BCUT2D eigenvalue weighted by Gasteiger charge is -2.18. The fourth-order valence-electron chi connectivity index (χ4n) is 2.27. The molecule has 1 atom stereocenters. The zero-order valence-corrected chi connectivity index (χ0v) is 11.6. The number of nitrogens with one attached hydrogen (secondary N) is 1. The Kier molecular flexibility index (Phi) is 3.39. The van der Waals surface area contributed by atoms with Gasteiger partial charge in [-0.1, -0.05) is 24.9 Å². The number of fused-ring (bicyclic) bond motifs is 1. The minimum Gasteiger partial charge on any atom is -0.388 e. The van der Waals surface area contributed by atoms with E-state index in [0.29, 0.717) is 17.1 Å². The van der Waals surface area contributed by atoms with Gasteiger partial charge in [-0.3, -0.25) is 4.79 Å². The van der Waals surface area contributed by atoms with Crippen LogP contribution in [0.5, 0.6) is 0 Å². The number of hydrogen-bond donors (Lipinski definition) is 2.